The Morgan fingerprint density at radius 3 is 2.00 bits per heavy atom. The number of nitrogens with zero attached hydrogens (tertiary/aromatic N) is 1. The molecule has 0 aliphatic heterocycles. The molecule has 0 spiro atoms. The molecule has 2 N–H and O–H groups in total. The molecule has 0 aliphatic carbocycles. The van der Waals surface area contributed by atoms with Crippen LogP contribution in [0.4, 0.5) is 5.13 Å². The molecule has 0 bridgehead atoms. The first-order valence-electron chi connectivity index (χ1n) is 7.08. The molecule has 1 atom stereocenters. The molecule has 2 aromatic carbocycles. The highest BCUT2D eigenvalue weighted by Crippen LogP contribution is 2.40. The monoisotopic (exact) mass is 398 g/mol. The van der Waals surface area contributed by atoms with Gasteiger partial charge in [-0.25, -0.2) is 4.98 Å². The van der Waals surface area contributed by atoms with Crippen LogP contribution in [0.15, 0.2) is 60.7 Å². The SMILES string of the molecule is O[C@@H](Nc1nc(-c2ccccc2)c(-c2ccccc2)s1)C(Cl)(Cl)Cl. The van der Waals surface area contributed by atoms with Crippen molar-refractivity contribution in [3.63, 3.8) is 0 Å². The summed E-state index contributed by atoms with van der Waals surface area (Å²) in [5.74, 6) is 0. The number of hydrogen-bond donors (Lipinski definition) is 2. The van der Waals surface area contributed by atoms with Crippen molar-refractivity contribution in [2.75, 3.05) is 5.32 Å². The fraction of sp³-hybridized carbons (Fsp3) is 0.118. The van der Waals surface area contributed by atoms with Gasteiger partial charge in [-0.15, -0.1) is 0 Å². The Balaban J connectivity index is 2.03. The fourth-order valence-corrected chi connectivity index (χ4v) is 3.34. The molecular weight excluding hydrogens is 387 g/mol. The number of rotatable bonds is 4. The molecule has 124 valence electrons. The van der Waals surface area contributed by atoms with Gasteiger partial charge in [-0.3, -0.25) is 0 Å². The van der Waals surface area contributed by atoms with Gasteiger partial charge in [-0.1, -0.05) is 107 Å². The van der Waals surface area contributed by atoms with Crippen molar-refractivity contribution in [2.24, 2.45) is 0 Å². The van der Waals surface area contributed by atoms with E-state index in [4.69, 9.17) is 34.8 Å². The Kier molecular flexibility index (Phi) is 5.33. The van der Waals surface area contributed by atoms with E-state index < -0.39 is 10.0 Å². The molecule has 3 nitrogen and oxygen atoms in total. The lowest BCUT2D eigenvalue weighted by Gasteiger charge is -2.19. The van der Waals surface area contributed by atoms with Crippen molar-refractivity contribution in [2.45, 2.75) is 10.0 Å². The quantitative estimate of drug-likeness (QED) is 0.445. The van der Waals surface area contributed by atoms with Gasteiger partial charge in [-0.2, -0.15) is 0 Å². The molecule has 0 amide bonds. The van der Waals surface area contributed by atoms with Crippen molar-refractivity contribution in [1.29, 1.82) is 0 Å². The molecule has 0 aliphatic rings. The number of thiazole rings is 1. The van der Waals surface area contributed by atoms with E-state index in [-0.39, 0.29) is 0 Å². The largest absolute Gasteiger partial charge is 0.369 e. The van der Waals surface area contributed by atoms with E-state index in [0.29, 0.717) is 5.13 Å². The molecule has 24 heavy (non-hydrogen) atoms. The number of nitrogens with one attached hydrogen (secondary N) is 1. The lowest BCUT2D eigenvalue weighted by Crippen LogP contribution is -2.33. The van der Waals surface area contributed by atoms with Gasteiger partial charge in [-0.05, 0) is 5.56 Å². The third kappa shape index (κ3) is 4.02. The maximum atomic E-state index is 9.94. The Morgan fingerprint density at radius 1 is 0.917 bits per heavy atom. The summed E-state index contributed by atoms with van der Waals surface area (Å²) < 4.78 is -1.84. The predicted molar refractivity (Wildman–Crippen MR) is 103 cm³/mol. The maximum Gasteiger partial charge on any atom is 0.234 e. The Morgan fingerprint density at radius 2 is 1.46 bits per heavy atom. The highest BCUT2D eigenvalue weighted by molar-refractivity contribution is 7.19. The lowest BCUT2D eigenvalue weighted by atomic mass is 10.1. The Hall–Kier alpha value is -1.30. The second kappa shape index (κ2) is 7.30. The summed E-state index contributed by atoms with van der Waals surface area (Å²) in [5, 5.41) is 13.2. The summed E-state index contributed by atoms with van der Waals surface area (Å²) in [7, 11) is 0. The minimum absolute atomic E-state index is 0.478. The second-order valence-corrected chi connectivity index (χ2v) is 8.39. The van der Waals surface area contributed by atoms with Gasteiger partial charge in [0.25, 0.3) is 0 Å². The van der Waals surface area contributed by atoms with Crippen molar-refractivity contribution >= 4 is 51.3 Å². The summed E-state index contributed by atoms with van der Waals surface area (Å²) >= 11 is 18.5. The zero-order valence-electron chi connectivity index (χ0n) is 12.3. The number of aromatic nitrogens is 1. The summed E-state index contributed by atoms with van der Waals surface area (Å²) in [4.78, 5) is 5.55. The van der Waals surface area contributed by atoms with E-state index >= 15 is 0 Å². The van der Waals surface area contributed by atoms with Gasteiger partial charge in [0.2, 0.25) is 3.79 Å². The molecule has 1 heterocycles. The fourth-order valence-electron chi connectivity index (χ4n) is 2.16. The summed E-state index contributed by atoms with van der Waals surface area (Å²) in [6, 6.07) is 19.7. The normalized spacial score (nSPS) is 12.8. The lowest BCUT2D eigenvalue weighted by molar-refractivity contribution is 0.208. The van der Waals surface area contributed by atoms with Crippen LogP contribution in [0.25, 0.3) is 21.7 Å². The molecule has 1 aromatic heterocycles. The number of aliphatic hydroxyl groups excluding tert-OH is 1. The standard InChI is InChI=1S/C17H13Cl3N2OS/c18-17(19,20)15(23)22-16-21-13(11-7-3-1-4-8-11)14(24-16)12-9-5-2-6-10-12/h1-10,15,23H,(H,21,22)/t15-/m1/s1. The summed E-state index contributed by atoms with van der Waals surface area (Å²) in [6.45, 7) is 0. The summed E-state index contributed by atoms with van der Waals surface area (Å²) in [5.41, 5.74) is 2.82. The molecule has 3 aromatic rings. The van der Waals surface area contributed by atoms with Crippen LogP contribution in [0.1, 0.15) is 0 Å². The second-order valence-electron chi connectivity index (χ2n) is 5.02. The van der Waals surface area contributed by atoms with E-state index in [2.05, 4.69) is 10.3 Å². The van der Waals surface area contributed by atoms with Crippen molar-refractivity contribution < 1.29 is 5.11 Å². The first-order valence-corrected chi connectivity index (χ1v) is 9.03. The van der Waals surface area contributed by atoms with Crippen LogP contribution in [-0.4, -0.2) is 20.1 Å². The number of anilines is 1. The maximum absolute atomic E-state index is 9.94. The number of benzene rings is 2. The van der Waals surface area contributed by atoms with E-state index in [9.17, 15) is 5.11 Å². The van der Waals surface area contributed by atoms with Crippen LogP contribution in [0.3, 0.4) is 0 Å². The summed E-state index contributed by atoms with van der Waals surface area (Å²) in [6.07, 6.45) is -1.36. The van der Waals surface area contributed by atoms with Crippen molar-refractivity contribution in [3.05, 3.63) is 60.7 Å². The molecule has 0 saturated carbocycles. The van der Waals surface area contributed by atoms with Gasteiger partial charge < -0.3 is 10.4 Å². The highest BCUT2D eigenvalue weighted by Gasteiger charge is 2.31. The van der Waals surface area contributed by atoms with E-state index in [1.165, 1.54) is 11.3 Å². The van der Waals surface area contributed by atoms with Crippen LogP contribution < -0.4 is 5.32 Å². The third-order valence-corrected chi connectivity index (χ3v) is 4.94. The van der Waals surface area contributed by atoms with Crippen LogP contribution in [0.5, 0.6) is 0 Å². The van der Waals surface area contributed by atoms with E-state index in [0.717, 1.165) is 21.7 Å². The molecule has 0 fully saturated rings. The first kappa shape index (κ1) is 17.5. The molecular formula is C17H13Cl3N2OS. The van der Waals surface area contributed by atoms with Crippen LogP contribution >= 0.6 is 46.1 Å². The topological polar surface area (TPSA) is 45.1 Å². The predicted octanol–water partition coefficient (Wildman–Crippen LogP) is 5.58. The zero-order chi connectivity index (χ0) is 17.2. The van der Waals surface area contributed by atoms with Crippen LogP contribution in [0, 0.1) is 0 Å². The van der Waals surface area contributed by atoms with Crippen LogP contribution in [-0.2, 0) is 0 Å². The average molecular weight is 400 g/mol. The molecule has 0 saturated heterocycles. The van der Waals surface area contributed by atoms with Gasteiger partial charge in [0.15, 0.2) is 11.4 Å². The van der Waals surface area contributed by atoms with E-state index in [1.807, 2.05) is 60.7 Å². The number of alkyl halides is 3. The third-order valence-electron chi connectivity index (χ3n) is 3.28. The molecule has 0 unspecified atom stereocenters. The Labute approximate surface area is 158 Å². The van der Waals surface area contributed by atoms with Gasteiger partial charge in [0.1, 0.15) is 0 Å². The van der Waals surface area contributed by atoms with Gasteiger partial charge >= 0.3 is 0 Å². The van der Waals surface area contributed by atoms with Gasteiger partial charge in [0.05, 0.1) is 10.6 Å². The average Bonchev–Trinajstić information content (AvgIpc) is 2.99. The Bertz CT molecular complexity index is 747. The number of aliphatic hydroxyl groups is 1. The molecule has 3 rings (SSSR count). The molecule has 7 heteroatoms. The smallest absolute Gasteiger partial charge is 0.234 e. The molecule has 0 radical (unpaired) electrons. The minimum Gasteiger partial charge on any atom is -0.369 e. The van der Waals surface area contributed by atoms with Crippen molar-refractivity contribution in [3.8, 4) is 21.7 Å². The minimum atomic E-state index is -1.84. The number of halogens is 3. The zero-order valence-corrected chi connectivity index (χ0v) is 15.4. The first-order chi connectivity index (χ1) is 11.4. The van der Waals surface area contributed by atoms with Crippen LogP contribution in [0.2, 0.25) is 0 Å². The van der Waals surface area contributed by atoms with Gasteiger partial charge in [0, 0.05) is 5.56 Å². The van der Waals surface area contributed by atoms with Crippen molar-refractivity contribution in [1.82, 2.24) is 4.98 Å². The highest BCUT2D eigenvalue weighted by atomic mass is 35.6. The van der Waals surface area contributed by atoms with E-state index in [1.54, 1.807) is 0 Å². The number of hydrogen-bond acceptors (Lipinski definition) is 4.